The summed E-state index contributed by atoms with van der Waals surface area (Å²) in [5, 5.41) is 0. The van der Waals surface area contributed by atoms with Gasteiger partial charge < -0.3 is 9.47 Å². The first-order chi connectivity index (χ1) is 7.72. The highest BCUT2D eigenvalue weighted by Crippen LogP contribution is 2.20. The lowest BCUT2D eigenvalue weighted by atomic mass is 9.99. The van der Waals surface area contributed by atoms with Crippen LogP contribution in [0.3, 0.4) is 0 Å². The standard InChI is InChI=1S/C12H12O4/c1-2-15-12(14)10-7-8-5-3-4-6-9(8)11(13)16-10/h3-6,10H,2,7H2,1H3/t10-/m0/s1. The van der Waals surface area contributed by atoms with Crippen molar-refractivity contribution in [2.24, 2.45) is 0 Å². The lowest BCUT2D eigenvalue weighted by molar-refractivity contribution is -0.153. The number of carbonyl (C=O) groups excluding carboxylic acids is 2. The number of ether oxygens (including phenoxy) is 2. The van der Waals surface area contributed by atoms with Crippen LogP contribution in [0, 0.1) is 0 Å². The molecule has 2 rings (SSSR count). The number of benzene rings is 1. The summed E-state index contributed by atoms with van der Waals surface area (Å²) in [5.74, 6) is -0.940. The Labute approximate surface area is 93.2 Å². The van der Waals surface area contributed by atoms with Gasteiger partial charge in [-0.25, -0.2) is 9.59 Å². The fraction of sp³-hybridized carbons (Fsp3) is 0.333. The van der Waals surface area contributed by atoms with E-state index in [1.165, 1.54) is 0 Å². The highest BCUT2D eigenvalue weighted by Gasteiger charge is 2.31. The molecule has 0 spiro atoms. The molecular weight excluding hydrogens is 208 g/mol. The highest BCUT2D eigenvalue weighted by atomic mass is 16.6. The summed E-state index contributed by atoms with van der Waals surface area (Å²) in [7, 11) is 0. The Morgan fingerprint density at radius 1 is 1.50 bits per heavy atom. The molecule has 84 valence electrons. The van der Waals surface area contributed by atoms with Crippen molar-refractivity contribution in [1.29, 1.82) is 0 Å². The SMILES string of the molecule is CCOC(=O)[C@@H]1Cc2ccccc2C(=O)O1. The molecule has 0 saturated carbocycles. The number of cyclic esters (lactones) is 1. The molecule has 0 fully saturated rings. The minimum atomic E-state index is -0.803. The molecule has 1 heterocycles. The minimum absolute atomic E-state index is 0.286. The smallest absolute Gasteiger partial charge is 0.347 e. The summed E-state index contributed by atoms with van der Waals surface area (Å²) in [6.07, 6.45) is -0.414. The normalized spacial score (nSPS) is 18.6. The van der Waals surface area contributed by atoms with E-state index >= 15 is 0 Å². The molecule has 16 heavy (non-hydrogen) atoms. The van der Waals surface area contributed by atoms with Gasteiger partial charge in [0.05, 0.1) is 12.2 Å². The van der Waals surface area contributed by atoms with Crippen LogP contribution in [-0.2, 0) is 20.7 Å². The maximum Gasteiger partial charge on any atom is 0.347 e. The van der Waals surface area contributed by atoms with E-state index in [9.17, 15) is 9.59 Å². The predicted molar refractivity (Wildman–Crippen MR) is 56.0 cm³/mol. The lowest BCUT2D eigenvalue weighted by Crippen LogP contribution is -2.35. The zero-order chi connectivity index (χ0) is 11.5. The van der Waals surface area contributed by atoms with Gasteiger partial charge in [0.2, 0.25) is 6.10 Å². The van der Waals surface area contributed by atoms with Gasteiger partial charge in [0.1, 0.15) is 0 Å². The summed E-state index contributed by atoms with van der Waals surface area (Å²) >= 11 is 0. The van der Waals surface area contributed by atoms with Gasteiger partial charge in [0, 0.05) is 6.42 Å². The molecule has 1 aromatic carbocycles. The van der Waals surface area contributed by atoms with Gasteiger partial charge in [0.25, 0.3) is 0 Å². The maximum absolute atomic E-state index is 11.6. The fourth-order valence-electron chi connectivity index (χ4n) is 1.70. The average molecular weight is 220 g/mol. The van der Waals surface area contributed by atoms with Crippen molar-refractivity contribution in [1.82, 2.24) is 0 Å². The lowest BCUT2D eigenvalue weighted by Gasteiger charge is -2.22. The van der Waals surface area contributed by atoms with Crippen molar-refractivity contribution < 1.29 is 19.1 Å². The first-order valence-corrected chi connectivity index (χ1v) is 5.18. The third kappa shape index (κ3) is 1.91. The van der Waals surface area contributed by atoms with Crippen molar-refractivity contribution in [2.75, 3.05) is 6.61 Å². The van der Waals surface area contributed by atoms with Crippen LogP contribution in [0.25, 0.3) is 0 Å². The van der Waals surface area contributed by atoms with Crippen LogP contribution >= 0.6 is 0 Å². The molecule has 4 nitrogen and oxygen atoms in total. The van der Waals surface area contributed by atoms with Crippen LogP contribution in [0.15, 0.2) is 24.3 Å². The molecule has 1 aliphatic rings. The van der Waals surface area contributed by atoms with Crippen LogP contribution in [0.4, 0.5) is 0 Å². The van der Waals surface area contributed by atoms with Gasteiger partial charge >= 0.3 is 11.9 Å². The quantitative estimate of drug-likeness (QED) is 0.705. The molecule has 4 heteroatoms. The van der Waals surface area contributed by atoms with Crippen LogP contribution in [0.5, 0.6) is 0 Å². The topological polar surface area (TPSA) is 52.6 Å². The second kappa shape index (κ2) is 4.35. The van der Waals surface area contributed by atoms with E-state index in [-0.39, 0.29) is 6.61 Å². The molecule has 1 aromatic rings. The van der Waals surface area contributed by atoms with Crippen molar-refractivity contribution in [2.45, 2.75) is 19.4 Å². The van der Waals surface area contributed by atoms with Crippen LogP contribution < -0.4 is 0 Å². The summed E-state index contributed by atoms with van der Waals surface area (Å²) < 4.78 is 9.84. The number of carbonyl (C=O) groups is 2. The first kappa shape index (κ1) is 10.7. The molecule has 0 unspecified atom stereocenters. The Hall–Kier alpha value is -1.84. The third-order valence-corrected chi connectivity index (χ3v) is 2.44. The summed E-state index contributed by atoms with van der Waals surface area (Å²) in [5.41, 5.74) is 1.36. The summed E-state index contributed by atoms with van der Waals surface area (Å²) in [4.78, 5) is 23.0. The Morgan fingerprint density at radius 2 is 2.25 bits per heavy atom. The predicted octanol–water partition coefficient (Wildman–Crippen LogP) is 1.33. The number of rotatable bonds is 2. The molecule has 0 aromatic heterocycles. The second-order valence-electron chi connectivity index (χ2n) is 3.51. The Bertz CT molecular complexity index is 425. The Morgan fingerprint density at radius 3 is 3.00 bits per heavy atom. The van der Waals surface area contributed by atoms with E-state index in [4.69, 9.17) is 9.47 Å². The molecule has 1 aliphatic heterocycles. The minimum Gasteiger partial charge on any atom is -0.463 e. The molecule has 0 saturated heterocycles. The summed E-state index contributed by atoms with van der Waals surface area (Å²) in [6, 6.07) is 7.12. The van der Waals surface area contributed by atoms with E-state index in [2.05, 4.69) is 0 Å². The monoisotopic (exact) mass is 220 g/mol. The Balaban J connectivity index is 2.21. The first-order valence-electron chi connectivity index (χ1n) is 5.18. The summed E-state index contributed by atoms with van der Waals surface area (Å²) in [6.45, 7) is 2.00. The van der Waals surface area contributed by atoms with Crippen LogP contribution in [-0.4, -0.2) is 24.6 Å². The van der Waals surface area contributed by atoms with Crippen molar-refractivity contribution in [3.05, 3.63) is 35.4 Å². The van der Waals surface area contributed by atoms with Crippen molar-refractivity contribution in [3.8, 4) is 0 Å². The molecular formula is C12H12O4. The highest BCUT2D eigenvalue weighted by molar-refractivity contribution is 5.94. The van der Waals surface area contributed by atoms with Crippen molar-refractivity contribution in [3.63, 3.8) is 0 Å². The number of hydrogen-bond acceptors (Lipinski definition) is 4. The second-order valence-corrected chi connectivity index (χ2v) is 3.51. The van der Waals surface area contributed by atoms with Crippen LogP contribution in [0.1, 0.15) is 22.8 Å². The van der Waals surface area contributed by atoms with Gasteiger partial charge in [-0.15, -0.1) is 0 Å². The number of hydrogen-bond donors (Lipinski definition) is 0. The zero-order valence-electron chi connectivity index (χ0n) is 8.93. The molecule has 0 bridgehead atoms. The third-order valence-electron chi connectivity index (χ3n) is 2.44. The maximum atomic E-state index is 11.6. The molecule has 0 aliphatic carbocycles. The van der Waals surface area contributed by atoms with E-state index in [1.54, 1.807) is 19.1 Å². The zero-order valence-corrected chi connectivity index (χ0v) is 8.93. The number of esters is 2. The van der Waals surface area contributed by atoms with Gasteiger partial charge in [-0.05, 0) is 18.6 Å². The van der Waals surface area contributed by atoms with Gasteiger partial charge in [-0.3, -0.25) is 0 Å². The fourth-order valence-corrected chi connectivity index (χ4v) is 1.70. The van der Waals surface area contributed by atoms with Crippen molar-refractivity contribution >= 4 is 11.9 Å². The van der Waals surface area contributed by atoms with E-state index in [0.29, 0.717) is 12.0 Å². The van der Waals surface area contributed by atoms with E-state index in [1.807, 2.05) is 12.1 Å². The average Bonchev–Trinajstić information content (AvgIpc) is 2.29. The Kier molecular flexibility index (Phi) is 2.90. The van der Waals surface area contributed by atoms with Gasteiger partial charge in [-0.1, -0.05) is 18.2 Å². The molecule has 0 N–H and O–H groups in total. The van der Waals surface area contributed by atoms with E-state index in [0.717, 1.165) is 5.56 Å². The van der Waals surface area contributed by atoms with Gasteiger partial charge in [-0.2, -0.15) is 0 Å². The molecule has 0 amide bonds. The van der Waals surface area contributed by atoms with E-state index < -0.39 is 18.0 Å². The molecule has 0 radical (unpaired) electrons. The number of fused-ring (bicyclic) bond motifs is 1. The van der Waals surface area contributed by atoms with Gasteiger partial charge in [0.15, 0.2) is 0 Å². The largest absolute Gasteiger partial charge is 0.463 e. The van der Waals surface area contributed by atoms with Crippen LogP contribution in [0.2, 0.25) is 0 Å². The molecule has 1 atom stereocenters.